The van der Waals surface area contributed by atoms with Crippen molar-refractivity contribution < 1.29 is 9.53 Å². The minimum absolute atomic E-state index is 0.0748. The van der Waals surface area contributed by atoms with Crippen LogP contribution in [0.3, 0.4) is 0 Å². The van der Waals surface area contributed by atoms with Crippen molar-refractivity contribution in [2.24, 2.45) is 5.10 Å². The molecule has 0 spiro atoms. The number of nitrogens with one attached hydrogen (secondary N) is 1. The van der Waals surface area contributed by atoms with Gasteiger partial charge in [-0.25, -0.2) is 5.43 Å². The van der Waals surface area contributed by atoms with Gasteiger partial charge in [-0.3, -0.25) is 4.79 Å². The first-order valence-corrected chi connectivity index (χ1v) is 8.79. The summed E-state index contributed by atoms with van der Waals surface area (Å²) in [6.45, 7) is 3.86. The van der Waals surface area contributed by atoms with Crippen LogP contribution in [0.15, 0.2) is 77.9 Å². The maximum absolute atomic E-state index is 11.9. The largest absolute Gasteiger partial charge is 0.483 e. The summed E-state index contributed by atoms with van der Waals surface area (Å²) < 4.78 is 5.56. The molecule has 0 fully saturated rings. The molecular formula is C23H22N2O2. The summed E-state index contributed by atoms with van der Waals surface area (Å²) in [5, 5.41) is 3.99. The maximum atomic E-state index is 11.9. The quantitative estimate of drug-likeness (QED) is 0.521. The predicted molar refractivity (Wildman–Crippen MR) is 109 cm³/mol. The lowest BCUT2D eigenvalue weighted by Gasteiger charge is -2.08. The number of carbonyl (C=O) groups is 1. The van der Waals surface area contributed by atoms with Crippen LogP contribution in [-0.4, -0.2) is 18.7 Å². The van der Waals surface area contributed by atoms with Gasteiger partial charge in [-0.15, -0.1) is 0 Å². The van der Waals surface area contributed by atoms with Crippen LogP contribution in [0.2, 0.25) is 0 Å². The molecule has 0 saturated heterocycles. The smallest absolute Gasteiger partial charge is 0.277 e. The van der Waals surface area contributed by atoms with E-state index in [2.05, 4.69) is 22.7 Å². The zero-order chi connectivity index (χ0) is 19.1. The van der Waals surface area contributed by atoms with Crippen molar-refractivity contribution in [3.8, 4) is 16.9 Å². The number of hydrogen-bond acceptors (Lipinski definition) is 3. The molecule has 27 heavy (non-hydrogen) atoms. The number of benzene rings is 3. The summed E-state index contributed by atoms with van der Waals surface area (Å²) in [5.41, 5.74) is 7.78. The fraction of sp³-hybridized carbons (Fsp3) is 0.130. The van der Waals surface area contributed by atoms with Crippen LogP contribution in [0.25, 0.3) is 11.1 Å². The summed E-state index contributed by atoms with van der Waals surface area (Å²) in [7, 11) is 0. The summed E-state index contributed by atoms with van der Waals surface area (Å²) in [6.07, 6.45) is 1.62. The van der Waals surface area contributed by atoms with Crippen LogP contribution in [0.5, 0.6) is 5.75 Å². The van der Waals surface area contributed by atoms with Gasteiger partial charge >= 0.3 is 0 Å². The lowest BCUT2D eigenvalue weighted by molar-refractivity contribution is -0.123. The highest BCUT2D eigenvalue weighted by Gasteiger charge is 2.04. The van der Waals surface area contributed by atoms with E-state index >= 15 is 0 Å². The van der Waals surface area contributed by atoms with Gasteiger partial charge in [0.1, 0.15) is 5.75 Å². The van der Waals surface area contributed by atoms with Crippen molar-refractivity contribution in [2.75, 3.05) is 6.61 Å². The minimum atomic E-state index is -0.298. The van der Waals surface area contributed by atoms with E-state index in [9.17, 15) is 4.79 Å². The Morgan fingerprint density at radius 1 is 0.963 bits per heavy atom. The molecule has 3 rings (SSSR count). The molecule has 0 aromatic heterocycles. The Morgan fingerprint density at radius 3 is 2.41 bits per heavy atom. The summed E-state index contributed by atoms with van der Waals surface area (Å²) in [4.78, 5) is 11.9. The van der Waals surface area contributed by atoms with Gasteiger partial charge in [0.25, 0.3) is 5.91 Å². The van der Waals surface area contributed by atoms with Crippen molar-refractivity contribution >= 4 is 12.1 Å². The second-order valence-corrected chi connectivity index (χ2v) is 6.34. The number of nitrogens with zero attached hydrogens (tertiary/aromatic N) is 1. The Labute approximate surface area is 159 Å². The molecule has 3 aromatic rings. The first kappa shape index (κ1) is 18.4. The Hall–Kier alpha value is -3.40. The topological polar surface area (TPSA) is 50.7 Å². The number of carbonyl (C=O) groups excluding carboxylic acids is 1. The van der Waals surface area contributed by atoms with E-state index in [1.54, 1.807) is 6.21 Å². The standard InChI is InChI=1S/C23H22N2O2/c1-17-8-9-18(2)22(14-17)27-16-23(26)25-24-15-19-10-12-21(13-11-19)20-6-4-3-5-7-20/h3-15H,16H2,1-2H3,(H,25,26)/b24-15-. The van der Waals surface area contributed by atoms with Gasteiger partial charge in [-0.2, -0.15) is 5.10 Å². The van der Waals surface area contributed by atoms with E-state index < -0.39 is 0 Å². The Kier molecular flexibility index (Phi) is 6.00. The third kappa shape index (κ3) is 5.28. The molecule has 4 nitrogen and oxygen atoms in total. The number of ether oxygens (including phenoxy) is 1. The van der Waals surface area contributed by atoms with Gasteiger partial charge in [0.15, 0.2) is 6.61 Å². The molecule has 0 unspecified atom stereocenters. The zero-order valence-corrected chi connectivity index (χ0v) is 15.5. The number of amides is 1. The van der Waals surface area contributed by atoms with Gasteiger partial charge in [-0.05, 0) is 47.7 Å². The van der Waals surface area contributed by atoms with E-state index in [0.717, 1.165) is 27.8 Å². The van der Waals surface area contributed by atoms with Gasteiger partial charge < -0.3 is 4.74 Å². The second kappa shape index (κ2) is 8.81. The van der Waals surface area contributed by atoms with Gasteiger partial charge in [-0.1, -0.05) is 66.7 Å². The number of hydrazone groups is 1. The van der Waals surface area contributed by atoms with E-state index in [0.29, 0.717) is 5.75 Å². The number of rotatable bonds is 6. The maximum Gasteiger partial charge on any atom is 0.277 e. The van der Waals surface area contributed by atoms with Crippen LogP contribution in [0.4, 0.5) is 0 Å². The van der Waals surface area contributed by atoms with Crippen LogP contribution in [0.1, 0.15) is 16.7 Å². The number of aryl methyl sites for hydroxylation is 2. The summed E-state index contributed by atoms with van der Waals surface area (Å²) >= 11 is 0. The van der Waals surface area contributed by atoms with E-state index in [4.69, 9.17) is 4.74 Å². The van der Waals surface area contributed by atoms with Gasteiger partial charge in [0.05, 0.1) is 6.21 Å². The molecule has 0 radical (unpaired) electrons. The first-order valence-electron chi connectivity index (χ1n) is 8.79. The molecule has 0 bridgehead atoms. The molecule has 4 heteroatoms. The van der Waals surface area contributed by atoms with Gasteiger partial charge in [0, 0.05) is 0 Å². The molecule has 0 aliphatic rings. The molecule has 1 N–H and O–H groups in total. The minimum Gasteiger partial charge on any atom is -0.483 e. The Bertz CT molecular complexity index is 932. The summed E-state index contributed by atoms with van der Waals surface area (Å²) in [5.74, 6) is 0.415. The van der Waals surface area contributed by atoms with Crippen molar-refractivity contribution in [2.45, 2.75) is 13.8 Å². The first-order chi connectivity index (χ1) is 13.1. The van der Waals surface area contributed by atoms with Crippen molar-refractivity contribution in [3.05, 3.63) is 89.5 Å². The van der Waals surface area contributed by atoms with E-state index in [1.807, 2.05) is 74.5 Å². The van der Waals surface area contributed by atoms with Crippen LogP contribution < -0.4 is 10.2 Å². The average Bonchev–Trinajstić information content (AvgIpc) is 2.70. The molecule has 3 aromatic carbocycles. The van der Waals surface area contributed by atoms with Crippen LogP contribution >= 0.6 is 0 Å². The normalized spacial score (nSPS) is 10.7. The monoisotopic (exact) mass is 358 g/mol. The molecule has 0 heterocycles. The number of hydrogen-bond donors (Lipinski definition) is 1. The fourth-order valence-electron chi connectivity index (χ4n) is 2.61. The van der Waals surface area contributed by atoms with Crippen molar-refractivity contribution in [1.29, 1.82) is 0 Å². The molecule has 0 aliphatic heterocycles. The van der Waals surface area contributed by atoms with Crippen LogP contribution in [-0.2, 0) is 4.79 Å². The predicted octanol–water partition coefficient (Wildman–Crippen LogP) is 4.50. The van der Waals surface area contributed by atoms with Crippen molar-refractivity contribution in [3.63, 3.8) is 0 Å². The lowest BCUT2D eigenvalue weighted by atomic mass is 10.0. The molecule has 0 aliphatic carbocycles. The highest BCUT2D eigenvalue weighted by Crippen LogP contribution is 2.19. The third-order valence-corrected chi connectivity index (χ3v) is 4.12. The zero-order valence-electron chi connectivity index (χ0n) is 15.5. The third-order valence-electron chi connectivity index (χ3n) is 4.12. The molecule has 0 atom stereocenters. The highest BCUT2D eigenvalue weighted by molar-refractivity contribution is 5.83. The molecule has 1 amide bonds. The summed E-state index contributed by atoms with van der Waals surface area (Å²) in [6, 6.07) is 24.0. The lowest BCUT2D eigenvalue weighted by Crippen LogP contribution is -2.24. The Balaban J connectivity index is 1.51. The Morgan fingerprint density at radius 2 is 1.67 bits per heavy atom. The molecule has 0 saturated carbocycles. The SMILES string of the molecule is Cc1ccc(C)c(OCC(=O)N/N=C\c2ccc(-c3ccccc3)cc2)c1. The van der Waals surface area contributed by atoms with Crippen LogP contribution in [0, 0.1) is 13.8 Å². The fourth-order valence-corrected chi connectivity index (χ4v) is 2.61. The average molecular weight is 358 g/mol. The van der Waals surface area contributed by atoms with E-state index in [-0.39, 0.29) is 12.5 Å². The molecular weight excluding hydrogens is 336 g/mol. The van der Waals surface area contributed by atoms with Gasteiger partial charge in [0.2, 0.25) is 0 Å². The highest BCUT2D eigenvalue weighted by atomic mass is 16.5. The van der Waals surface area contributed by atoms with E-state index in [1.165, 1.54) is 0 Å². The molecule has 136 valence electrons. The second-order valence-electron chi connectivity index (χ2n) is 6.34. The van der Waals surface area contributed by atoms with Crippen molar-refractivity contribution in [1.82, 2.24) is 5.43 Å².